The van der Waals surface area contributed by atoms with E-state index in [1.54, 1.807) is 18.3 Å². The fourth-order valence-corrected chi connectivity index (χ4v) is 2.93. The van der Waals surface area contributed by atoms with Crippen LogP contribution in [0.25, 0.3) is 0 Å². The van der Waals surface area contributed by atoms with Crippen molar-refractivity contribution >= 4 is 11.9 Å². The molecule has 0 bridgehead atoms. The van der Waals surface area contributed by atoms with Gasteiger partial charge in [-0.25, -0.2) is 4.79 Å². The molecule has 1 saturated heterocycles. The number of carboxylic acids is 1. The molecule has 0 saturated carbocycles. The molecule has 120 valence electrons. The van der Waals surface area contributed by atoms with Crippen LogP contribution in [0.5, 0.6) is 0 Å². The first-order valence-electron chi connectivity index (χ1n) is 7.75. The van der Waals surface area contributed by atoms with Gasteiger partial charge in [0.2, 0.25) is 0 Å². The molecule has 1 atom stereocenters. The highest BCUT2D eigenvalue weighted by atomic mass is 16.4. The molecule has 6 heteroatoms. The number of carbonyl (C=O) groups excluding carboxylic acids is 1. The Labute approximate surface area is 134 Å². The second kappa shape index (κ2) is 6.64. The molecule has 3 rings (SSSR count). The van der Waals surface area contributed by atoms with E-state index in [4.69, 9.17) is 0 Å². The molecule has 2 heterocycles. The van der Waals surface area contributed by atoms with Crippen molar-refractivity contribution in [2.45, 2.75) is 31.8 Å². The summed E-state index contributed by atoms with van der Waals surface area (Å²) in [4.78, 5) is 25.4. The first-order valence-corrected chi connectivity index (χ1v) is 7.75. The van der Waals surface area contributed by atoms with Gasteiger partial charge in [0.15, 0.2) is 0 Å². The third-order valence-corrected chi connectivity index (χ3v) is 4.15. The second-order valence-corrected chi connectivity index (χ2v) is 5.75. The molecule has 0 unspecified atom stereocenters. The molecule has 1 aliphatic rings. The summed E-state index contributed by atoms with van der Waals surface area (Å²) >= 11 is 0. The number of aliphatic carboxylic acids is 1. The van der Waals surface area contributed by atoms with E-state index in [0.29, 0.717) is 25.1 Å². The minimum atomic E-state index is -0.923. The predicted octanol–water partition coefficient (Wildman–Crippen LogP) is 2.01. The molecule has 0 radical (unpaired) electrons. The average Bonchev–Trinajstić information content (AvgIpc) is 3.08. The molecule has 1 aromatic carbocycles. The highest BCUT2D eigenvalue weighted by Crippen LogP contribution is 2.20. The van der Waals surface area contributed by atoms with Crippen LogP contribution in [0.15, 0.2) is 42.7 Å². The highest BCUT2D eigenvalue weighted by Gasteiger charge is 2.32. The maximum atomic E-state index is 12.6. The van der Waals surface area contributed by atoms with Gasteiger partial charge < -0.3 is 10.0 Å². The molecule has 0 aliphatic carbocycles. The normalized spacial score (nSPS) is 17.9. The standard InChI is InChI=1S/C17H19N3O3/c21-16(20-11-2-1-4-15(20)17(22)23)14-7-5-13(6-8-14)12-19-10-3-9-18-19/h3,5-10,15H,1-2,4,11-12H2,(H,22,23)/t15-/m1/s1. The van der Waals surface area contributed by atoms with Gasteiger partial charge in [-0.3, -0.25) is 9.48 Å². The van der Waals surface area contributed by atoms with E-state index in [9.17, 15) is 14.7 Å². The third kappa shape index (κ3) is 3.41. The summed E-state index contributed by atoms with van der Waals surface area (Å²) in [5.41, 5.74) is 1.57. The van der Waals surface area contributed by atoms with Crippen molar-refractivity contribution in [3.8, 4) is 0 Å². The van der Waals surface area contributed by atoms with Crippen molar-refractivity contribution < 1.29 is 14.7 Å². The molecule has 1 fully saturated rings. The van der Waals surface area contributed by atoms with Gasteiger partial charge in [-0.1, -0.05) is 12.1 Å². The first kappa shape index (κ1) is 15.3. The van der Waals surface area contributed by atoms with Crippen LogP contribution >= 0.6 is 0 Å². The van der Waals surface area contributed by atoms with Crippen LogP contribution in [-0.2, 0) is 11.3 Å². The van der Waals surface area contributed by atoms with Crippen LogP contribution in [0.1, 0.15) is 35.2 Å². The number of aromatic nitrogens is 2. The Hall–Kier alpha value is -2.63. The zero-order valence-corrected chi connectivity index (χ0v) is 12.8. The summed E-state index contributed by atoms with van der Waals surface area (Å²) in [5.74, 6) is -1.13. The van der Waals surface area contributed by atoms with Crippen LogP contribution in [0.3, 0.4) is 0 Å². The van der Waals surface area contributed by atoms with Crippen molar-refractivity contribution in [2.75, 3.05) is 6.54 Å². The van der Waals surface area contributed by atoms with Crippen molar-refractivity contribution in [3.05, 3.63) is 53.9 Å². The van der Waals surface area contributed by atoms with E-state index in [-0.39, 0.29) is 5.91 Å². The van der Waals surface area contributed by atoms with Gasteiger partial charge in [-0.05, 0) is 43.0 Å². The lowest BCUT2D eigenvalue weighted by Crippen LogP contribution is -2.47. The molecule has 6 nitrogen and oxygen atoms in total. The maximum Gasteiger partial charge on any atom is 0.326 e. The number of carboxylic acid groups (broad SMARTS) is 1. The Morgan fingerprint density at radius 3 is 2.65 bits per heavy atom. The lowest BCUT2D eigenvalue weighted by atomic mass is 10.0. The van der Waals surface area contributed by atoms with Gasteiger partial charge in [0.1, 0.15) is 6.04 Å². The maximum absolute atomic E-state index is 12.6. The number of hydrogen-bond acceptors (Lipinski definition) is 3. The van der Waals surface area contributed by atoms with Crippen molar-refractivity contribution in [3.63, 3.8) is 0 Å². The van der Waals surface area contributed by atoms with Crippen LogP contribution in [0.4, 0.5) is 0 Å². The summed E-state index contributed by atoms with van der Waals surface area (Å²) in [5, 5.41) is 13.4. The molecule has 2 aromatic rings. The van der Waals surface area contributed by atoms with Gasteiger partial charge >= 0.3 is 5.97 Å². The molecule has 0 spiro atoms. The fourth-order valence-electron chi connectivity index (χ4n) is 2.93. The molecule has 23 heavy (non-hydrogen) atoms. The van der Waals surface area contributed by atoms with Crippen molar-refractivity contribution in [2.24, 2.45) is 0 Å². The van der Waals surface area contributed by atoms with E-state index >= 15 is 0 Å². The van der Waals surface area contributed by atoms with E-state index in [1.807, 2.05) is 29.1 Å². The monoisotopic (exact) mass is 313 g/mol. The van der Waals surface area contributed by atoms with Crippen LogP contribution in [-0.4, -0.2) is 44.3 Å². The molecule has 1 N–H and O–H groups in total. The van der Waals surface area contributed by atoms with Gasteiger partial charge in [0, 0.05) is 24.5 Å². The third-order valence-electron chi connectivity index (χ3n) is 4.15. The Morgan fingerprint density at radius 1 is 1.22 bits per heavy atom. The van der Waals surface area contributed by atoms with Crippen molar-refractivity contribution in [1.82, 2.24) is 14.7 Å². The lowest BCUT2D eigenvalue weighted by molar-refractivity contribution is -0.143. The number of rotatable bonds is 4. The Kier molecular flexibility index (Phi) is 4.41. The highest BCUT2D eigenvalue weighted by molar-refractivity contribution is 5.96. The largest absolute Gasteiger partial charge is 0.480 e. The molecule has 1 aromatic heterocycles. The van der Waals surface area contributed by atoms with Crippen LogP contribution in [0.2, 0.25) is 0 Å². The van der Waals surface area contributed by atoms with E-state index in [0.717, 1.165) is 18.4 Å². The number of carbonyl (C=O) groups is 2. The van der Waals surface area contributed by atoms with Crippen LogP contribution < -0.4 is 0 Å². The van der Waals surface area contributed by atoms with Crippen molar-refractivity contribution in [1.29, 1.82) is 0 Å². The zero-order chi connectivity index (χ0) is 16.2. The van der Waals surface area contributed by atoms with Crippen LogP contribution in [0, 0.1) is 0 Å². The average molecular weight is 313 g/mol. The molecule has 1 amide bonds. The molecular weight excluding hydrogens is 294 g/mol. The van der Waals surface area contributed by atoms with E-state index in [1.165, 1.54) is 4.90 Å². The summed E-state index contributed by atoms with van der Waals surface area (Å²) in [7, 11) is 0. The van der Waals surface area contributed by atoms with E-state index < -0.39 is 12.0 Å². The Bertz CT molecular complexity index is 680. The number of hydrogen-bond donors (Lipinski definition) is 1. The number of piperidine rings is 1. The minimum Gasteiger partial charge on any atom is -0.480 e. The summed E-state index contributed by atoms with van der Waals surface area (Å²) in [6, 6.07) is 8.44. The van der Waals surface area contributed by atoms with Gasteiger partial charge in [0.25, 0.3) is 5.91 Å². The van der Waals surface area contributed by atoms with E-state index in [2.05, 4.69) is 5.10 Å². The summed E-state index contributed by atoms with van der Waals surface area (Å²) < 4.78 is 1.81. The molecule has 1 aliphatic heterocycles. The number of amides is 1. The zero-order valence-electron chi connectivity index (χ0n) is 12.8. The van der Waals surface area contributed by atoms with Gasteiger partial charge in [-0.2, -0.15) is 5.10 Å². The first-order chi connectivity index (χ1) is 11.1. The van der Waals surface area contributed by atoms with Gasteiger partial charge in [-0.15, -0.1) is 0 Å². The number of benzene rings is 1. The fraction of sp³-hybridized carbons (Fsp3) is 0.353. The minimum absolute atomic E-state index is 0.206. The quantitative estimate of drug-likeness (QED) is 0.937. The lowest BCUT2D eigenvalue weighted by Gasteiger charge is -2.33. The SMILES string of the molecule is O=C(O)[C@H]1CCCCN1C(=O)c1ccc(Cn2cccn2)cc1. The number of nitrogens with zero attached hydrogens (tertiary/aromatic N) is 3. The Morgan fingerprint density at radius 2 is 2.00 bits per heavy atom. The second-order valence-electron chi connectivity index (χ2n) is 5.75. The smallest absolute Gasteiger partial charge is 0.326 e. The molecular formula is C17H19N3O3. The summed E-state index contributed by atoms with van der Waals surface area (Å²) in [6.45, 7) is 1.15. The summed E-state index contributed by atoms with van der Waals surface area (Å²) in [6.07, 6.45) is 5.83. The topological polar surface area (TPSA) is 75.4 Å². The predicted molar refractivity (Wildman–Crippen MR) is 84.1 cm³/mol. The number of likely N-dealkylation sites (tertiary alicyclic amines) is 1. The Balaban J connectivity index is 1.73. The van der Waals surface area contributed by atoms with Gasteiger partial charge in [0.05, 0.1) is 6.54 Å².